The Bertz CT molecular complexity index is 723. The minimum absolute atomic E-state index is 0.0571. The highest BCUT2D eigenvalue weighted by atomic mass is 127. The second-order valence-electron chi connectivity index (χ2n) is 3.89. The Morgan fingerprint density at radius 3 is 2.50 bits per heavy atom. The summed E-state index contributed by atoms with van der Waals surface area (Å²) in [5.74, 6) is 0. The zero-order valence-electron chi connectivity index (χ0n) is 10.0. The van der Waals surface area contributed by atoms with E-state index in [0.717, 1.165) is 0 Å². The lowest BCUT2D eigenvalue weighted by Gasteiger charge is -2.09. The Hall–Kier alpha value is -1.55. The minimum Gasteiger partial charge on any atom is -0.258 e. The van der Waals surface area contributed by atoms with Crippen LogP contribution < -0.4 is 0 Å². The molecular formula is C12H9IN2O4S. The second kappa shape index (κ2) is 5.83. The SMILES string of the molecule is O=[N+]([O-])C1=CC(=NS(=O)(=O)c2ccccc2)C(I)C=C1. The van der Waals surface area contributed by atoms with Crippen LogP contribution in [-0.2, 0) is 10.0 Å². The number of allylic oxidation sites excluding steroid dienone is 3. The van der Waals surface area contributed by atoms with Gasteiger partial charge in [-0.3, -0.25) is 10.1 Å². The van der Waals surface area contributed by atoms with Crippen LogP contribution in [0.3, 0.4) is 0 Å². The molecule has 104 valence electrons. The first-order chi connectivity index (χ1) is 9.40. The van der Waals surface area contributed by atoms with Gasteiger partial charge in [-0.25, -0.2) is 0 Å². The maximum absolute atomic E-state index is 12.1. The van der Waals surface area contributed by atoms with Gasteiger partial charge in [0.15, 0.2) is 0 Å². The van der Waals surface area contributed by atoms with E-state index in [1.807, 2.05) is 22.6 Å². The molecule has 2 rings (SSSR count). The molecule has 0 aromatic heterocycles. The highest BCUT2D eigenvalue weighted by Crippen LogP contribution is 2.19. The quantitative estimate of drug-likeness (QED) is 0.335. The van der Waals surface area contributed by atoms with Crippen molar-refractivity contribution in [3.8, 4) is 0 Å². The molecule has 1 aromatic carbocycles. The van der Waals surface area contributed by atoms with Gasteiger partial charge >= 0.3 is 0 Å². The topological polar surface area (TPSA) is 89.6 Å². The van der Waals surface area contributed by atoms with Gasteiger partial charge < -0.3 is 0 Å². The summed E-state index contributed by atoms with van der Waals surface area (Å²) in [6.07, 6.45) is 4.06. The lowest BCUT2D eigenvalue weighted by atomic mass is 10.1. The summed E-state index contributed by atoms with van der Waals surface area (Å²) in [5, 5.41) is 10.7. The van der Waals surface area contributed by atoms with Gasteiger partial charge in [-0.15, -0.1) is 0 Å². The molecule has 1 aromatic rings. The number of alkyl halides is 1. The molecule has 1 aliphatic rings. The number of hydrogen-bond donors (Lipinski definition) is 0. The van der Waals surface area contributed by atoms with Crippen LogP contribution in [0.25, 0.3) is 0 Å². The van der Waals surface area contributed by atoms with E-state index >= 15 is 0 Å². The molecule has 0 N–H and O–H groups in total. The Balaban J connectivity index is 2.44. The summed E-state index contributed by atoms with van der Waals surface area (Å²) in [5.41, 5.74) is -0.0384. The monoisotopic (exact) mass is 404 g/mol. The normalized spacial score (nSPS) is 20.8. The smallest absolute Gasteiger partial charge is 0.258 e. The molecule has 0 saturated heterocycles. The zero-order valence-corrected chi connectivity index (χ0v) is 13.0. The van der Waals surface area contributed by atoms with Crippen molar-refractivity contribution < 1.29 is 13.3 Å². The molecule has 0 aliphatic heterocycles. The molecule has 1 atom stereocenters. The molecule has 0 fully saturated rings. The van der Waals surface area contributed by atoms with Crippen molar-refractivity contribution in [1.29, 1.82) is 0 Å². The summed E-state index contributed by atoms with van der Waals surface area (Å²) in [4.78, 5) is 10.2. The molecule has 8 heteroatoms. The van der Waals surface area contributed by atoms with Crippen LogP contribution in [-0.4, -0.2) is 23.0 Å². The van der Waals surface area contributed by atoms with E-state index in [2.05, 4.69) is 4.40 Å². The molecule has 20 heavy (non-hydrogen) atoms. The van der Waals surface area contributed by atoms with Gasteiger partial charge in [0, 0.05) is 12.2 Å². The standard InChI is InChI=1S/C12H9IN2O4S/c13-11-7-6-9(15(16)17)8-12(11)14-20(18,19)10-4-2-1-3-5-10/h1-8,11H. The van der Waals surface area contributed by atoms with Crippen LogP contribution in [0.1, 0.15) is 0 Å². The lowest BCUT2D eigenvalue weighted by Crippen LogP contribution is -2.17. The molecular weight excluding hydrogens is 395 g/mol. The largest absolute Gasteiger partial charge is 0.282 e. The lowest BCUT2D eigenvalue weighted by molar-refractivity contribution is -0.418. The summed E-state index contributed by atoms with van der Waals surface area (Å²) in [7, 11) is -3.86. The third-order valence-electron chi connectivity index (χ3n) is 2.49. The molecule has 0 spiro atoms. The zero-order chi connectivity index (χ0) is 14.8. The Morgan fingerprint density at radius 2 is 1.90 bits per heavy atom. The van der Waals surface area contributed by atoms with Gasteiger partial charge in [-0.2, -0.15) is 12.8 Å². The third kappa shape index (κ3) is 3.31. The summed E-state index contributed by atoms with van der Waals surface area (Å²) in [6.45, 7) is 0. The van der Waals surface area contributed by atoms with E-state index in [1.165, 1.54) is 30.4 Å². The summed E-state index contributed by atoms with van der Waals surface area (Å²) < 4.78 is 27.6. The molecule has 1 aliphatic carbocycles. The van der Waals surface area contributed by atoms with Crippen LogP contribution in [0.5, 0.6) is 0 Å². The number of benzene rings is 1. The van der Waals surface area contributed by atoms with Crippen LogP contribution in [0.4, 0.5) is 0 Å². The van der Waals surface area contributed by atoms with Crippen molar-refractivity contribution in [1.82, 2.24) is 0 Å². The van der Waals surface area contributed by atoms with Gasteiger partial charge in [0.25, 0.3) is 15.7 Å². The number of hydrogen-bond acceptors (Lipinski definition) is 4. The predicted octanol–water partition coefficient (Wildman–Crippen LogP) is 2.35. The van der Waals surface area contributed by atoms with E-state index < -0.39 is 14.9 Å². The fourth-order valence-electron chi connectivity index (χ4n) is 1.54. The maximum Gasteiger partial charge on any atom is 0.282 e. The maximum atomic E-state index is 12.1. The Labute approximate surface area is 129 Å². The first-order valence-electron chi connectivity index (χ1n) is 5.48. The average molecular weight is 404 g/mol. The van der Waals surface area contributed by atoms with Crippen LogP contribution >= 0.6 is 22.6 Å². The van der Waals surface area contributed by atoms with Gasteiger partial charge in [-0.05, 0) is 12.1 Å². The number of sulfonamides is 1. The minimum atomic E-state index is -3.86. The average Bonchev–Trinajstić information content (AvgIpc) is 2.42. The van der Waals surface area contributed by atoms with Gasteiger partial charge in [0.1, 0.15) is 0 Å². The van der Waals surface area contributed by atoms with Crippen LogP contribution in [0.2, 0.25) is 0 Å². The first-order valence-corrected chi connectivity index (χ1v) is 8.17. The van der Waals surface area contributed by atoms with Crippen molar-refractivity contribution in [2.24, 2.45) is 4.40 Å². The van der Waals surface area contributed by atoms with E-state index in [-0.39, 0.29) is 20.2 Å². The Kier molecular flexibility index (Phi) is 4.33. The van der Waals surface area contributed by atoms with E-state index in [1.54, 1.807) is 18.2 Å². The van der Waals surface area contributed by atoms with Crippen molar-refractivity contribution >= 4 is 38.3 Å². The fraction of sp³-hybridized carbons (Fsp3) is 0.0833. The molecule has 0 saturated carbocycles. The highest BCUT2D eigenvalue weighted by Gasteiger charge is 2.22. The summed E-state index contributed by atoms with van der Waals surface area (Å²) in [6, 6.07) is 7.74. The molecule has 0 radical (unpaired) electrons. The highest BCUT2D eigenvalue weighted by molar-refractivity contribution is 14.1. The van der Waals surface area contributed by atoms with Crippen molar-refractivity contribution in [3.05, 3.63) is 64.4 Å². The number of halogens is 1. The number of nitrogens with zero attached hydrogens (tertiary/aromatic N) is 2. The number of nitro groups is 1. The van der Waals surface area contributed by atoms with Crippen LogP contribution in [0.15, 0.2) is 63.6 Å². The third-order valence-corrected chi connectivity index (χ3v) is 4.86. The van der Waals surface area contributed by atoms with Crippen LogP contribution in [0, 0.1) is 10.1 Å². The van der Waals surface area contributed by atoms with Gasteiger partial charge in [0.05, 0.1) is 19.5 Å². The Morgan fingerprint density at radius 1 is 1.25 bits per heavy atom. The van der Waals surface area contributed by atoms with Gasteiger partial charge in [-0.1, -0.05) is 46.9 Å². The predicted molar refractivity (Wildman–Crippen MR) is 83.1 cm³/mol. The molecule has 0 bridgehead atoms. The summed E-state index contributed by atoms with van der Waals surface area (Å²) >= 11 is 1.96. The molecule has 6 nitrogen and oxygen atoms in total. The van der Waals surface area contributed by atoms with Crippen molar-refractivity contribution in [3.63, 3.8) is 0 Å². The van der Waals surface area contributed by atoms with E-state index in [0.29, 0.717) is 0 Å². The number of rotatable bonds is 3. The fourth-order valence-corrected chi connectivity index (χ4v) is 3.30. The van der Waals surface area contributed by atoms with E-state index in [4.69, 9.17) is 0 Å². The van der Waals surface area contributed by atoms with E-state index in [9.17, 15) is 18.5 Å². The molecule has 0 heterocycles. The first kappa shape index (κ1) is 14.9. The second-order valence-corrected chi connectivity index (χ2v) is 6.84. The molecule has 1 unspecified atom stereocenters. The van der Waals surface area contributed by atoms with Crippen molar-refractivity contribution in [2.75, 3.05) is 0 Å². The van der Waals surface area contributed by atoms with Gasteiger partial charge in [0.2, 0.25) is 0 Å². The molecule has 0 amide bonds. The van der Waals surface area contributed by atoms with Crippen molar-refractivity contribution in [2.45, 2.75) is 8.82 Å².